The van der Waals surface area contributed by atoms with Gasteiger partial charge in [-0.25, -0.2) is 0 Å². The molecule has 0 saturated carbocycles. The van der Waals surface area contributed by atoms with E-state index in [2.05, 4.69) is 59.9 Å². The van der Waals surface area contributed by atoms with Gasteiger partial charge in [0.05, 0.1) is 6.61 Å². The predicted molar refractivity (Wildman–Crippen MR) is 84.0 cm³/mol. The maximum absolute atomic E-state index is 9.20. The normalized spacial score (nSPS) is 10.6. The van der Waals surface area contributed by atoms with Crippen molar-refractivity contribution in [3.05, 3.63) is 57.6 Å². The molecule has 0 heterocycles. The van der Waals surface area contributed by atoms with Crippen LogP contribution >= 0.6 is 15.9 Å². The van der Waals surface area contributed by atoms with Crippen molar-refractivity contribution in [2.75, 3.05) is 11.9 Å². The Morgan fingerprint density at radius 3 is 2.42 bits per heavy atom. The summed E-state index contributed by atoms with van der Waals surface area (Å²) in [5.74, 6) is 0. The number of aryl methyl sites for hydroxylation is 2. The molecular formula is C16H18BrNO. The van der Waals surface area contributed by atoms with Gasteiger partial charge in [-0.15, -0.1) is 0 Å². The van der Waals surface area contributed by atoms with Gasteiger partial charge in [0, 0.05) is 22.9 Å². The topological polar surface area (TPSA) is 23.5 Å². The number of rotatable bonds is 3. The molecule has 0 radical (unpaired) electrons. The third kappa shape index (κ3) is 2.99. The Labute approximate surface area is 122 Å². The van der Waals surface area contributed by atoms with Gasteiger partial charge in [0.2, 0.25) is 0 Å². The zero-order valence-electron chi connectivity index (χ0n) is 11.4. The van der Waals surface area contributed by atoms with E-state index < -0.39 is 0 Å². The lowest BCUT2D eigenvalue weighted by atomic mass is 10.1. The molecule has 100 valence electrons. The van der Waals surface area contributed by atoms with Crippen LogP contribution in [0.4, 0.5) is 11.4 Å². The predicted octanol–water partition coefficient (Wildman–Crippen LogP) is 4.33. The fourth-order valence-electron chi connectivity index (χ4n) is 2.19. The molecule has 2 aromatic rings. The molecule has 19 heavy (non-hydrogen) atoms. The minimum Gasteiger partial charge on any atom is -0.392 e. The van der Waals surface area contributed by atoms with Crippen molar-refractivity contribution >= 4 is 27.3 Å². The SMILES string of the molecule is Cc1ccc(N(C)c2ccc(CO)c(Br)c2)c(C)c1. The van der Waals surface area contributed by atoms with Gasteiger partial charge in [-0.3, -0.25) is 0 Å². The van der Waals surface area contributed by atoms with Crippen LogP contribution in [-0.2, 0) is 6.61 Å². The van der Waals surface area contributed by atoms with Gasteiger partial charge in [-0.1, -0.05) is 39.7 Å². The molecule has 1 N–H and O–H groups in total. The van der Waals surface area contributed by atoms with Crippen molar-refractivity contribution in [2.45, 2.75) is 20.5 Å². The van der Waals surface area contributed by atoms with Gasteiger partial charge in [-0.2, -0.15) is 0 Å². The smallest absolute Gasteiger partial charge is 0.0692 e. The highest BCUT2D eigenvalue weighted by Crippen LogP contribution is 2.30. The first kappa shape index (κ1) is 14.1. The Morgan fingerprint density at radius 2 is 1.84 bits per heavy atom. The first-order valence-corrected chi connectivity index (χ1v) is 7.02. The Hall–Kier alpha value is -1.32. The molecule has 0 aromatic heterocycles. The molecule has 0 bridgehead atoms. The zero-order valence-corrected chi connectivity index (χ0v) is 13.0. The van der Waals surface area contributed by atoms with Crippen LogP contribution < -0.4 is 4.90 Å². The second kappa shape index (κ2) is 5.76. The van der Waals surface area contributed by atoms with Crippen molar-refractivity contribution in [1.82, 2.24) is 0 Å². The second-order valence-corrected chi connectivity index (χ2v) is 5.64. The van der Waals surface area contributed by atoms with Crippen molar-refractivity contribution in [3.63, 3.8) is 0 Å². The number of halogens is 1. The first-order valence-electron chi connectivity index (χ1n) is 6.23. The summed E-state index contributed by atoms with van der Waals surface area (Å²) in [4.78, 5) is 2.15. The number of hydrogen-bond acceptors (Lipinski definition) is 2. The fourth-order valence-corrected chi connectivity index (χ4v) is 2.69. The quantitative estimate of drug-likeness (QED) is 0.910. The van der Waals surface area contributed by atoms with Crippen molar-refractivity contribution in [2.24, 2.45) is 0 Å². The lowest BCUT2D eigenvalue weighted by Gasteiger charge is -2.22. The molecule has 0 amide bonds. The summed E-state index contributed by atoms with van der Waals surface area (Å²) in [6, 6.07) is 12.4. The monoisotopic (exact) mass is 319 g/mol. The van der Waals surface area contributed by atoms with E-state index in [0.29, 0.717) is 0 Å². The van der Waals surface area contributed by atoms with E-state index >= 15 is 0 Å². The van der Waals surface area contributed by atoms with E-state index in [4.69, 9.17) is 0 Å². The molecule has 0 aliphatic rings. The molecule has 0 atom stereocenters. The maximum Gasteiger partial charge on any atom is 0.0692 e. The van der Waals surface area contributed by atoms with E-state index in [1.165, 1.54) is 16.8 Å². The fraction of sp³-hybridized carbons (Fsp3) is 0.250. The summed E-state index contributed by atoms with van der Waals surface area (Å²) in [6.45, 7) is 4.27. The third-order valence-electron chi connectivity index (χ3n) is 3.31. The van der Waals surface area contributed by atoms with Crippen LogP contribution in [-0.4, -0.2) is 12.2 Å². The molecule has 0 aliphatic heterocycles. The summed E-state index contributed by atoms with van der Waals surface area (Å²) >= 11 is 3.49. The molecule has 0 saturated heterocycles. The number of nitrogens with zero attached hydrogens (tertiary/aromatic N) is 1. The lowest BCUT2D eigenvalue weighted by Crippen LogP contribution is -2.11. The summed E-state index contributed by atoms with van der Waals surface area (Å²) in [5, 5.41) is 9.20. The molecule has 0 fully saturated rings. The van der Waals surface area contributed by atoms with E-state index in [9.17, 15) is 5.11 Å². The Balaban J connectivity index is 2.38. The van der Waals surface area contributed by atoms with Crippen molar-refractivity contribution < 1.29 is 5.11 Å². The van der Waals surface area contributed by atoms with Crippen LogP contribution in [0, 0.1) is 13.8 Å². The summed E-state index contributed by atoms with van der Waals surface area (Å²) in [7, 11) is 2.05. The van der Waals surface area contributed by atoms with E-state index in [0.717, 1.165) is 15.7 Å². The molecule has 2 nitrogen and oxygen atoms in total. The molecular weight excluding hydrogens is 302 g/mol. The standard InChI is InChI=1S/C16H18BrNO/c1-11-4-7-16(12(2)8-11)18(3)14-6-5-13(10-19)15(17)9-14/h4-9,19H,10H2,1-3H3. The van der Waals surface area contributed by atoms with E-state index in [1.807, 2.05) is 18.2 Å². The van der Waals surface area contributed by atoms with E-state index in [-0.39, 0.29) is 6.61 Å². The molecule has 0 spiro atoms. The average Bonchev–Trinajstić information content (AvgIpc) is 2.38. The Kier molecular flexibility index (Phi) is 4.27. The summed E-state index contributed by atoms with van der Waals surface area (Å²) in [5.41, 5.74) is 5.71. The number of aliphatic hydroxyl groups excluding tert-OH is 1. The third-order valence-corrected chi connectivity index (χ3v) is 4.05. The lowest BCUT2D eigenvalue weighted by molar-refractivity contribution is 0.281. The van der Waals surface area contributed by atoms with Gasteiger partial charge in [0.1, 0.15) is 0 Å². The van der Waals surface area contributed by atoms with Crippen LogP contribution in [0.25, 0.3) is 0 Å². The summed E-state index contributed by atoms with van der Waals surface area (Å²) in [6.07, 6.45) is 0. The molecule has 0 unspecified atom stereocenters. The molecule has 2 rings (SSSR count). The van der Waals surface area contributed by atoms with Gasteiger partial charge in [0.15, 0.2) is 0 Å². The number of anilines is 2. The minimum atomic E-state index is 0.0497. The average molecular weight is 320 g/mol. The van der Waals surface area contributed by atoms with Crippen LogP contribution in [0.3, 0.4) is 0 Å². The highest BCUT2D eigenvalue weighted by atomic mass is 79.9. The highest BCUT2D eigenvalue weighted by molar-refractivity contribution is 9.10. The van der Waals surface area contributed by atoms with Crippen molar-refractivity contribution in [3.8, 4) is 0 Å². The highest BCUT2D eigenvalue weighted by Gasteiger charge is 2.09. The number of benzene rings is 2. The molecule has 3 heteroatoms. The van der Waals surface area contributed by atoms with Crippen LogP contribution in [0.2, 0.25) is 0 Å². The van der Waals surface area contributed by atoms with Crippen LogP contribution in [0.5, 0.6) is 0 Å². The number of hydrogen-bond donors (Lipinski definition) is 1. The van der Waals surface area contributed by atoms with Crippen LogP contribution in [0.15, 0.2) is 40.9 Å². The van der Waals surface area contributed by atoms with Gasteiger partial charge >= 0.3 is 0 Å². The van der Waals surface area contributed by atoms with Gasteiger partial charge < -0.3 is 10.0 Å². The second-order valence-electron chi connectivity index (χ2n) is 4.78. The van der Waals surface area contributed by atoms with Gasteiger partial charge in [-0.05, 0) is 43.2 Å². The minimum absolute atomic E-state index is 0.0497. The molecule has 0 aliphatic carbocycles. The van der Waals surface area contributed by atoms with E-state index in [1.54, 1.807) is 0 Å². The Bertz CT molecular complexity index is 595. The summed E-state index contributed by atoms with van der Waals surface area (Å²) < 4.78 is 0.934. The largest absolute Gasteiger partial charge is 0.392 e. The molecule has 2 aromatic carbocycles. The van der Waals surface area contributed by atoms with Crippen molar-refractivity contribution in [1.29, 1.82) is 0 Å². The van der Waals surface area contributed by atoms with Crippen LogP contribution in [0.1, 0.15) is 16.7 Å². The first-order chi connectivity index (χ1) is 9.02. The zero-order chi connectivity index (χ0) is 14.0. The Morgan fingerprint density at radius 1 is 1.11 bits per heavy atom. The van der Waals surface area contributed by atoms with Gasteiger partial charge in [0.25, 0.3) is 0 Å². The maximum atomic E-state index is 9.20. The number of aliphatic hydroxyl groups is 1.